The molecule has 5 nitrogen and oxygen atoms in total. The minimum Gasteiger partial charge on any atom is -0.480 e. The number of allylic oxidation sites excluding steroid dienone is 1. The van der Waals surface area contributed by atoms with Gasteiger partial charge in [-0.2, -0.15) is 0 Å². The molecule has 1 aliphatic rings. The van der Waals surface area contributed by atoms with E-state index >= 15 is 0 Å². The first kappa shape index (κ1) is 17.1. The molecule has 0 radical (unpaired) electrons. The van der Waals surface area contributed by atoms with Crippen LogP contribution in [0.25, 0.3) is 0 Å². The minimum atomic E-state index is -1.05. The van der Waals surface area contributed by atoms with Crippen molar-refractivity contribution in [2.75, 3.05) is 0 Å². The lowest BCUT2D eigenvalue weighted by molar-refractivity contribution is -0.139. The van der Waals surface area contributed by atoms with Gasteiger partial charge in [-0.1, -0.05) is 48.4 Å². The number of hydrogen-bond donors (Lipinski definition) is 2. The number of rotatable bonds is 6. The Morgan fingerprint density at radius 2 is 1.87 bits per heavy atom. The average Bonchev–Trinajstić information content (AvgIpc) is 2.58. The second-order valence-corrected chi connectivity index (χ2v) is 5.76. The van der Waals surface area contributed by atoms with Gasteiger partial charge in [0.05, 0.1) is 0 Å². The van der Waals surface area contributed by atoms with E-state index in [0.717, 1.165) is 31.2 Å². The Labute approximate surface area is 136 Å². The van der Waals surface area contributed by atoms with Crippen LogP contribution >= 0.6 is 0 Å². The SMILES string of the molecule is O=C(N[C@H](CC=C1CCCCC1)C(=O)O)OCc1ccccc1. The molecule has 0 aliphatic heterocycles. The third kappa shape index (κ3) is 6.14. The van der Waals surface area contributed by atoms with Crippen molar-refractivity contribution in [3.8, 4) is 0 Å². The molecule has 0 aromatic heterocycles. The summed E-state index contributed by atoms with van der Waals surface area (Å²) in [5.41, 5.74) is 2.15. The highest BCUT2D eigenvalue weighted by Crippen LogP contribution is 2.23. The van der Waals surface area contributed by atoms with Crippen LogP contribution in [0.3, 0.4) is 0 Å². The summed E-state index contributed by atoms with van der Waals surface area (Å²) in [6.45, 7) is 0.125. The summed E-state index contributed by atoms with van der Waals surface area (Å²) in [6.07, 6.45) is 7.18. The van der Waals surface area contributed by atoms with Crippen molar-refractivity contribution in [1.29, 1.82) is 0 Å². The highest BCUT2D eigenvalue weighted by Gasteiger charge is 2.20. The summed E-state index contributed by atoms with van der Waals surface area (Å²) in [7, 11) is 0. The van der Waals surface area contributed by atoms with E-state index in [-0.39, 0.29) is 6.61 Å². The molecule has 1 aromatic carbocycles. The van der Waals surface area contributed by atoms with E-state index in [4.69, 9.17) is 4.74 Å². The highest BCUT2D eigenvalue weighted by atomic mass is 16.5. The lowest BCUT2D eigenvalue weighted by atomic mass is 9.93. The fraction of sp³-hybridized carbons (Fsp3) is 0.444. The molecule has 1 aromatic rings. The molecule has 1 amide bonds. The molecule has 2 N–H and O–H groups in total. The summed E-state index contributed by atoms with van der Waals surface area (Å²) in [4.78, 5) is 23.0. The van der Waals surface area contributed by atoms with Crippen LogP contribution in [0.15, 0.2) is 42.0 Å². The van der Waals surface area contributed by atoms with Crippen molar-refractivity contribution in [3.05, 3.63) is 47.5 Å². The molecule has 5 heteroatoms. The van der Waals surface area contributed by atoms with Gasteiger partial charge in [0.2, 0.25) is 0 Å². The van der Waals surface area contributed by atoms with Crippen LogP contribution in [0, 0.1) is 0 Å². The smallest absolute Gasteiger partial charge is 0.408 e. The fourth-order valence-corrected chi connectivity index (χ4v) is 2.62. The van der Waals surface area contributed by atoms with Gasteiger partial charge in [0.1, 0.15) is 12.6 Å². The molecule has 124 valence electrons. The first-order chi connectivity index (χ1) is 11.1. The predicted molar refractivity (Wildman–Crippen MR) is 87.0 cm³/mol. The number of hydrogen-bond acceptors (Lipinski definition) is 3. The Morgan fingerprint density at radius 3 is 2.52 bits per heavy atom. The Balaban J connectivity index is 1.81. The summed E-state index contributed by atoms with van der Waals surface area (Å²) >= 11 is 0. The normalized spacial score (nSPS) is 15.6. The van der Waals surface area contributed by atoms with E-state index in [2.05, 4.69) is 5.32 Å². The first-order valence-corrected chi connectivity index (χ1v) is 8.03. The molecule has 1 fully saturated rings. The van der Waals surface area contributed by atoms with Crippen molar-refractivity contribution in [2.24, 2.45) is 0 Å². The topological polar surface area (TPSA) is 75.6 Å². The number of carboxylic acid groups (broad SMARTS) is 1. The summed E-state index contributed by atoms with van der Waals surface area (Å²) in [6, 6.07) is 8.32. The first-order valence-electron chi connectivity index (χ1n) is 8.03. The number of carbonyl (C=O) groups is 2. The number of carboxylic acids is 1. The van der Waals surface area contributed by atoms with E-state index < -0.39 is 18.1 Å². The van der Waals surface area contributed by atoms with Crippen molar-refractivity contribution in [2.45, 2.75) is 51.2 Å². The van der Waals surface area contributed by atoms with E-state index in [1.807, 2.05) is 36.4 Å². The molecule has 0 unspecified atom stereocenters. The maximum atomic E-state index is 11.8. The third-order valence-electron chi connectivity index (χ3n) is 3.94. The quantitative estimate of drug-likeness (QED) is 0.785. The number of alkyl carbamates (subject to hydrolysis) is 1. The molecule has 0 heterocycles. The van der Waals surface area contributed by atoms with Gasteiger partial charge in [0, 0.05) is 0 Å². The fourth-order valence-electron chi connectivity index (χ4n) is 2.62. The van der Waals surface area contributed by atoms with Gasteiger partial charge in [-0.25, -0.2) is 9.59 Å². The van der Waals surface area contributed by atoms with Gasteiger partial charge in [0.15, 0.2) is 0 Å². The Bertz CT molecular complexity index is 545. The van der Waals surface area contributed by atoms with Crippen LogP contribution in [-0.2, 0) is 16.1 Å². The van der Waals surface area contributed by atoms with Crippen molar-refractivity contribution in [1.82, 2.24) is 5.32 Å². The molecular formula is C18H23NO4. The van der Waals surface area contributed by atoms with E-state index in [0.29, 0.717) is 6.42 Å². The zero-order chi connectivity index (χ0) is 16.5. The number of ether oxygens (including phenoxy) is 1. The molecule has 0 saturated heterocycles. The van der Waals surface area contributed by atoms with Crippen LogP contribution < -0.4 is 5.32 Å². The van der Waals surface area contributed by atoms with Crippen LogP contribution in [0.1, 0.15) is 44.1 Å². The standard InChI is InChI=1S/C18H23NO4/c20-17(21)16(12-11-14-7-3-1-4-8-14)19-18(22)23-13-15-9-5-2-6-10-15/h2,5-6,9-11,16H,1,3-4,7-8,12-13H2,(H,19,22)(H,20,21)/t16-/m1/s1. The van der Waals surface area contributed by atoms with Crippen molar-refractivity contribution < 1.29 is 19.4 Å². The van der Waals surface area contributed by atoms with E-state index in [1.165, 1.54) is 12.0 Å². The van der Waals surface area contributed by atoms with E-state index in [1.54, 1.807) is 0 Å². The number of nitrogens with one attached hydrogen (secondary N) is 1. The highest BCUT2D eigenvalue weighted by molar-refractivity contribution is 5.80. The maximum Gasteiger partial charge on any atom is 0.408 e. The van der Waals surface area contributed by atoms with Gasteiger partial charge < -0.3 is 15.2 Å². The predicted octanol–water partition coefficient (Wildman–Crippen LogP) is 3.65. The van der Waals surface area contributed by atoms with Crippen molar-refractivity contribution in [3.63, 3.8) is 0 Å². The second-order valence-electron chi connectivity index (χ2n) is 5.76. The van der Waals surface area contributed by atoms with Gasteiger partial charge >= 0.3 is 12.1 Å². The van der Waals surface area contributed by atoms with Gasteiger partial charge in [-0.3, -0.25) is 0 Å². The number of amides is 1. The van der Waals surface area contributed by atoms with Gasteiger partial charge in [-0.05, 0) is 37.7 Å². The molecule has 1 saturated carbocycles. The third-order valence-corrected chi connectivity index (χ3v) is 3.94. The Hall–Kier alpha value is -2.30. The van der Waals surface area contributed by atoms with Crippen LogP contribution in [-0.4, -0.2) is 23.2 Å². The lowest BCUT2D eigenvalue weighted by Gasteiger charge is -2.16. The summed E-state index contributed by atoms with van der Waals surface area (Å²) in [5.74, 6) is -1.05. The average molecular weight is 317 g/mol. The molecule has 1 atom stereocenters. The lowest BCUT2D eigenvalue weighted by Crippen LogP contribution is -2.40. The van der Waals surface area contributed by atoms with Crippen molar-refractivity contribution >= 4 is 12.1 Å². The molecular weight excluding hydrogens is 294 g/mol. The zero-order valence-electron chi connectivity index (χ0n) is 13.2. The van der Waals surface area contributed by atoms with Gasteiger partial charge in [0.25, 0.3) is 0 Å². The molecule has 23 heavy (non-hydrogen) atoms. The van der Waals surface area contributed by atoms with Crippen LogP contribution in [0.5, 0.6) is 0 Å². The largest absolute Gasteiger partial charge is 0.480 e. The number of carbonyl (C=O) groups excluding carboxylic acids is 1. The molecule has 0 spiro atoms. The minimum absolute atomic E-state index is 0.125. The Morgan fingerprint density at radius 1 is 1.17 bits per heavy atom. The van der Waals surface area contributed by atoms with Crippen LogP contribution in [0.2, 0.25) is 0 Å². The summed E-state index contributed by atoms with van der Waals surface area (Å²) in [5, 5.41) is 11.7. The van der Waals surface area contributed by atoms with Gasteiger partial charge in [-0.15, -0.1) is 0 Å². The molecule has 2 rings (SSSR count). The zero-order valence-corrected chi connectivity index (χ0v) is 13.2. The van der Waals surface area contributed by atoms with E-state index in [9.17, 15) is 14.7 Å². The van der Waals surface area contributed by atoms with Crippen LogP contribution in [0.4, 0.5) is 4.79 Å². The molecule has 0 bridgehead atoms. The second kappa shape index (κ2) is 8.98. The number of aliphatic carboxylic acids is 1. The summed E-state index contributed by atoms with van der Waals surface area (Å²) < 4.78 is 5.07. The molecule has 1 aliphatic carbocycles. The Kier molecular flexibility index (Phi) is 6.66. The number of benzene rings is 1. The maximum absolute atomic E-state index is 11.8. The monoisotopic (exact) mass is 317 g/mol.